The summed E-state index contributed by atoms with van der Waals surface area (Å²) in [7, 11) is 0. The molecular formula is C23H24N6O3. The van der Waals surface area contributed by atoms with Gasteiger partial charge in [-0.1, -0.05) is 24.2 Å². The number of benzene rings is 1. The van der Waals surface area contributed by atoms with Crippen LogP contribution in [-0.2, 0) is 13.0 Å². The van der Waals surface area contributed by atoms with Gasteiger partial charge in [0.15, 0.2) is 5.82 Å². The Labute approximate surface area is 185 Å². The highest BCUT2D eigenvalue weighted by Gasteiger charge is 2.13. The minimum atomic E-state index is -0.269. The van der Waals surface area contributed by atoms with E-state index in [0.29, 0.717) is 36.4 Å². The van der Waals surface area contributed by atoms with Gasteiger partial charge in [0.05, 0.1) is 6.61 Å². The number of hydrogen-bond acceptors (Lipinski definition) is 7. The van der Waals surface area contributed by atoms with E-state index < -0.39 is 0 Å². The lowest BCUT2D eigenvalue weighted by molar-refractivity contribution is 0.0946. The number of rotatable bonds is 9. The number of pyridine rings is 1. The molecule has 4 aromatic rings. The minimum Gasteiger partial charge on any atom is -0.494 e. The molecule has 0 fully saturated rings. The molecule has 9 nitrogen and oxygen atoms in total. The highest BCUT2D eigenvalue weighted by Crippen LogP contribution is 2.19. The second-order valence-electron chi connectivity index (χ2n) is 7.09. The van der Waals surface area contributed by atoms with Crippen molar-refractivity contribution in [2.75, 3.05) is 6.61 Å². The Balaban J connectivity index is 1.42. The van der Waals surface area contributed by atoms with Crippen LogP contribution < -0.4 is 10.1 Å². The number of carbonyl (C=O) groups is 1. The molecule has 164 valence electrons. The van der Waals surface area contributed by atoms with Crippen molar-refractivity contribution in [2.45, 2.75) is 33.2 Å². The SMILES string of the molecule is CCCc1noc(-c2ccnc(-n3cnc(C(=O)NCc4ccc(OCC)cc4)c3)c2)n1. The number of aryl methyl sites for hydroxylation is 1. The fourth-order valence-corrected chi connectivity index (χ4v) is 3.10. The summed E-state index contributed by atoms with van der Waals surface area (Å²) in [6.07, 6.45) is 6.54. The fourth-order valence-electron chi connectivity index (χ4n) is 3.10. The molecule has 4 rings (SSSR count). The number of hydrogen-bond donors (Lipinski definition) is 1. The average molecular weight is 432 g/mol. The molecule has 32 heavy (non-hydrogen) atoms. The number of carbonyl (C=O) groups excluding carboxylic acids is 1. The third-order valence-corrected chi connectivity index (χ3v) is 4.70. The molecular weight excluding hydrogens is 408 g/mol. The van der Waals surface area contributed by atoms with Crippen LogP contribution in [0.15, 0.2) is 59.6 Å². The quantitative estimate of drug-likeness (QED) is 0.430. The van der Waals surface area contributed by atoms with Crippen LogP contribution in [0.2, 0.25) is 0 Å². The van der Waals surface area contributed by atoms with Crippen molar-refractivity contribution in [1.82, 2.24) is 30.0 Å². The molecule has 0 aliphatic heterocycles. The smallest absolute Gasteiger partial charge is 0.271 e. The molecule has 1 amide bonds. The van der Waals surface area contributed by atoms with Gasteiger partial charge in [0, 0.05) is 30.9 Å². The van der Waals surface area contributed by atoms with Gasteiger partial charge < -0.3 is 14.6 Å². The van der Waals surface area contributed by atoms with Crippen LogP contribution in [-0.4, -0.2) is 37.2 Å². The van der Waals surface area contributed by atoms with Crippen molar-refractivity contribution in [3.8, 4) is 23.0 Å². The van der Waals surface area contributed by atoms with Gasteiger partial charge in [0.2, 0.25) is 0 Å². The van der Waals surface area contributed by atoms with Crippen molar-refractivity contribution < 1.29 is 14.1 Å². The summed E-state index contributed by atoms with van der Waals surface area (Å²) < 4.78 is 12.5. The molecule has 0 aliphatic carbocycles. The van der Waals surface area contributed by atoms with E-state index in [1.165, 1.54) is 0 Å². The summed E-state index contributed by atoms with van der Waals surface area (Å²) in [4.78, 5) is 25.5. The summed E-state index contributed by atoms with van der Waals surface area (Å²) in [5.41, 5.74) is 2.02. The number of aromatic nitrogens is 5. The zero-order valence-electron chi connectivity index (χ0n) is 18.0. The van der Waals surface area contributed by atoms with Gasteiger partial charge in [-0.15, -0.1) is 0 Å². The van der Waals surface area contributed by atoms with Crippen LogP contribution in [0.4, 0.5) is 0 Å². The second kappa shape index (κ2) is 9.86. The Hall–Kier alpha value is -4.01. The van der Waals surface area contributed by atoms with Gasteiger partial charge in [-0.2, -0.15) is 4.98 Å². The van der Waals surface area contributed by atoms with E-state index in [-0.39, 0.29) is 5.91 Å². The van der Waals surface area contributed by atoms with E-state index in [4.69, 9.17) is 9.26 Å². The maximum Gasteiger partial charge on any atom is 0.271 e. The maximum atomic E-state index is 12.5. The van der Waals surface area contributed by atoms with Gasteiger partial charge in [-0.25, -0.2) is 9.97 Å². The van der Waals surface area contributed by atoms with Crippen LogP contribution in [0.25, 0.3) is 17.3 Å². The second-order valence-corrected chi connectivity index (χ2v) is 7.09. The van der Waals surface area contributed by atoms with E-state index >= 15 is 0 Å². The topological polar surface area (TPSA) is 108 Å². The Morgan fingerprint density at radius 3 is 2.78 bits per heavy atom. The molecule has 0 saturated carbocycles. The lowest BCUT2D eigenvalue weighted by atomic mass is 10.2. The van der Waals surface area contributed by atoms with Crippen LogP contribution >= 0.6 is 0 Å². The Morgan fingerprint density at radius 1 is 1.16 bits per heavy atom. The molecule has 1 aromatic carbocycles. The van der Waals surface area contributed by atoms with Crippen LogP contribution in [0.5, 0.6) is 5.75 Å². The van der Waals surface area contributed by atoms with Gasteiger partial charge in [0.25, 0.3) is 11.8 Å². The standard InChI is InChI=1S/C23H24N6O3/c1-3-5-20-27-23(32-28-20)17-10-11-24-21(12-17)29-14-19(26-15-29)22(30)25-13-16-6-8-18(9-7-16)31-4-2/h6-12,14-15H,3-5,13H2,1-2H3,(H,25,30). The first-order valence-electron chi connectivity index (χ1n) is 10.5. The van der Waals surface area contributed by atoms with E-state index in [1.807, 2.05) is 37.3 Å². The summed E-state index contributed by atoms with van der Waals surface area (Å²) >= 11 is 0. The summed E-state index contributed by atoms with van der Waals surface area (Å²) in [6.45, 7) is 5.01. The summed E-state index contributed by atoms with van der Waals surface area (Å²) in [6, 6.07) is 11.2. The summed E-state index contributed by atoms with van der Waals surface area (Å²) in [5.74, 6) is 2.24. The van der Waals surface area contributed by atoms with E-state index in [9.17, 15) is 4.79 Å². The number of nitrogens with zero attached hydrogens (tertiary/aromatic N) is 5. The molecule has 0 spiro atoms. The van der Waals surface area contributed by atoms with Crippen LogP contribution in [0.3, 0.4) is 0 Å². The lowest BCUT2D eigenvalue weighted by Crippen LogP contribution is -2.23. The van der Waals surface area contributed by atoms with Gasteiger partial charge in [-0.05, 0) is 43.2 Å². The van der Waals surface area contributed by atoms with E-state index in [2.05, 4.69) is 32.3 Å². The van der Waals surface area contributed by atoms with Crippen molar-refractivity contribution in [3.63, 3.8) is 0 Å². The molecule has 0 aliphatic rings. The maximum absolute atomic E-state index is 12.5. The largest absolute Gasteiger partial charge is 0.494 e. The van der Waals surface area contributed by atoms with Gasteiger partial charge in [0.1, 0.15) is 23.6 Å². The lowest BCUT2D eigenvalue weighted by Gasteiger charge is -2.06. The molecule has 9 heteroatoms. The van der Waals surface area contributed by atoms with Crippen molar-refractivity contribution in [1.29, 1.82) is 0 Å². The zero-order valence-corrected chi connectivity index (χ0v) is 18.0. The Kier molecular flexibility index (Phi) is 6.54. The van der Waals surface area contributed by atoms with Crippen molar-refractivity contribution in [3.05, 3.63) is 72.2 Å². The van der Waals surface area contributed by atoms with Crippen molar-refractivity contribution >= 4 is 5.91 Å². The number of amides is 1. The highest BCUT2D eigenvalue weighted by atomic mass is 16.5. The zero-order chi connectivity index (χ0) is 22.3. The highest BCUT2D eigenvalue weighted by molar-refractivity contribution is 5.92. The van der Waals surface area contributed by atoms with Crippen LogP contribution in [0, 0.1) is 0 Å². The predicted octanol–water partition coefficient (Wildman–Crippen LogP) is 3.60. The first-order valence-corrected chi connectivity index (χ1v) is 10.5. The molecule has 3 heterocycles. The normalized spacial score (nSPS) is 10.8. The number of nitrogens with one attached hydrogen (secondary N) is 1. The monoisotopic (exact) mass is 432 g/mol. The van der Waals surface area contributed by atoms with Gasteiger partial charge in [-0.3, -0.25) is 9.36 Å². The average Bonchev–Trinajstić information content (AvgIpc) is 3.49. The van der Waals surface area contributed by atoms with Crippen molar-refractivity contribution in [2.24, 2.45) is 0 Å². The third kappa shape index (κ3) is 5.00. The molecule has 0 radical (unpaired) electrons. The number of ether oxygens (including phenoxy) is 1. The number of imidazole rings is 1. The molecule has 1 N–H and O–H groups in total. The molecule has 0 atom stereocenters. The predicted molar refractivity (Wildman–Crippen MR) is 117 cm³/mol. The Morgan fingerprint density at radius 2 is 2.00 bits per heavy atom. The molecule has 0 bridgehead atoms. The molecule has 0 saturated heterocycles. The fraction of sp³-hybridized carbons (Fsp3) is 0.261. The van der Waals surface area contributed by atoms with E-state index in [1.54, 1.807) is 29.4 Å². The molecule has 3 aromatic heterocycles. The molecule has 0 unspecified atom stereocenters. The minimum absolute atomic E-state index is 0.269. The van der Waals surface area contributed by atoms with Crippen LogP contribution in [0.1, 0.15) is 42.1 Å². The Bertz CT molecular complexity index is 1180. The van der Waals surface area contributed by atoms with Gasteiger partial charge >= 0.3 is 0 Å². The third-order valence-electron chi connectivity index (χ3n) is 4.70. The first-order chi connectivity index (χ1) is 15.7. The van der Waals surface area contributed by atoms with E-state index in [0.717, 1.165) is 29.7 Å². The summed E-state index contributed by atoms with van der Waals surface area (Å²) in [5, 5.41) is 6.86. The first kappa shape index (κ1) is 21.2.